The van der Waals surface area contributed by atoms with Crippen LogP contribution in [-0.4, -0.2) is 26.1 Å². The van der Waals surface area contributed by atoms with Crippen molar-refractivity contribution in [3.05, 3.63) is 35.0 Å². The summed E-state index contributed by atoms with van der Waals surface area (Å²) in [5.74, 6) is 0. The van der Waals surface area contributed by atoms with Gasteiger partial charge in [0, 0.05) is 33.9 Å². The molecule has 0 radical (unpaired) electrons. The number of hydrogen-bond donors (Lipinski definition) is 0. The molecule has 4 nitrogen and oxygen atoms in total. The number of halogens is 2. The predicted molar refractivity (Wildman–Crippen MR) is 123 cm³/mol. The van der Waals surface area contributed by atoms with Crippen molar-refractivity contribution < 1.29 is 8.83 Å². The van der Waals surface area contributed by atoms with E-state index < -0.39 is 16.1 Å². The average Bonchev–Trinajstić information content (AvgIpc) is 3.08. The SMILES string of the molecule is C[Si](C)(C)c1c(Cl)oc2c(-c3ccnc4c([Si](C)(C)C)c(Cl)oc34)ccnc12. The molecule has 146 valence electrons. The molecule has 0 atom stereocenters. The molecule has 0 aliphatic carbocycles. The van der Waals surface area contributed by atoms with Gasteiger partial charge in [-0.2, -0.15) is 0 Å². The van der Waals surface area contributed by atoms with Crippen LogP contribution in [0.15, 0.2) is 33.4 Å². The van der Waals surface area contributed by atoms with Crippen LogP contribution in [-0.2, 0) is 0 Å². The van der Waals surface area contributed by atoms with Crippen molar-refractivity contribution in [1.29, 1.82) is 0 Å². The lowest BCUT2D eigenvalue weighted by Gasteiger charge is -2.14. The molecule has 0 fully saturated rings. The number of aromatic nitrogens is 2. The van der Waals surface area contributed by atoms with E-state index in [2.05, 4.69) is 49.3 Å². The van der Waals surface area contributed by atoms with Crippen LogP contribution in [0.3, 0.4) is 0 Å². The van der Waals surface area contributed by atoms with E-state index in [4.69, 9.17) is 32.0 Å². The summed E-state index contributed by atoms with van der Waals surface area (Å²) in [5.41, 5.74) is 4.79. The third-order valence-electron chi connectivity index (χ3n) is 4.85. The highest BCUT2D eigenvalue weighted by Crippen LogP contribution is 2.37. The molecule has 0 aliphatic heterocycles. The molecule has 0 amide bonds. The van der Waals surface area contributed by atoms with Crippen LogP contribution in [0.4, 0.5) is 0 Å². The van der Waals surface area contributed by atoms with Gasteiger partial charge in [0.15, 0.2) is 21.6 Å². The van der Waals surface area contributed by atoms with Gasteiger partial charge in [0.2, 0.25) is 0 Å². The predicted octanol–water partition coefficient (Wildman–Crippen LogP) is 6.03. The monoisotopic (exact) mass is 448 g/mol. The first-order valence-corrected chi connectivity index (χ1v) is 16.9. The minimum Gasteiger partial charge on any atom is -0.442 e. The van der Waals surface area contributed by atoms with Gasteiger partial charge < -0.3 is 8.83 Å². The third kappa shape index (κ3) is 3.03. The zero-order chi connectivity index (χ0) is 20.4. The van der Waals surface area contributed by atoms with Crippen molar-refractivity contribution in [3.8, 4) is 11.1 Å². The van der Waals surface area contributed by atoms with Gasteiger partial charge in [0.25, 0.3) is 0 Å². The standard InChI is InChI=1S/C20H22Cl2N2O2Si2/c1-27(2,3)17-13-15(25-19(17)21)11(7-9-23-13)12-8-10-24-14-16(12)26-20(22)18(14)28(4,5)6/h7-10H,1-6H3. The second-order valence-electron chi connectivity index (χ2n) is 9.07. The Labute approximate surface area is 175 Å². The second-order valence-corrected chi connectivity index (χ2v) is 19.8. The largest absolute Gasteiger partial charge is 0.442 e. The quantitative estimate of drug-likeness (QED) is 0.358. The van der Waals surface area contributed by atoms with Crippen molar-refractivity contribution in [3.63, 3.8) is 0 Å². The molecule has 4 heterocycles. The van der Waals surface area contributed by atoms with Crippen LogP contribution in [0.25, 0.3) is 33.3 Å². The lowest BCUT2D eigenvalue weighted by atomic mass is 10.1. The molecule has 4 aromatic rings. The maximum absolute atomic E-state index is 6.50. The molecule has 0 spiro atoms. The van der Waals surface area contributed by atoms with Gasteiger partial charge in [-0.1, -0.05) is 39.3 Å². The Morgan fingerprint density at radius 1 is 0.679 bits per heavy atom. The van der Waals surface area contributed by atoms with E-state index in [1.165, 1.54) is 0 Å². The molecule has 0 aliphatic rings. The van der Waals surface area contributed by atoms with Gasteiger partial charge in [-0.25, -0.2) is 0 Å². The van der Waals surface area contributed by atoms with Gasteiger partial charge in [-0.3, -0.25) is 9.97 Å². The molecule has 0 bridgehead atoms. The van der Waals surface area contributed by atoms with Gasteiger partial charge in [0.05, 0.1) is 16.1 Å². The van der Waals surface area contributed by atoms with E-state index in [1.54, 1.807) is 12.4 Å². The zero-order valence-corrected chi connectivity index (χ0v) is 20.3. The number of nitrogens with zero attached hydrogens (tertiary/aromatic N) is 2. The minimum absolute atomic E-state index is 0.430. The molecule has 0 unspecified atom stereocenters. The summed E-state index contributed by atoms with van der Waals surface area (Å²) in [6.07, 6.45) is 3.59. The van der Waals surface area contributed by atoms with Gasteiger partial charge in [-0.15, -0.1) is 0 Å². The Hall–Kier alpha value is -1.61. The normalized spacial score (nSPS) is 13.0. The second kappa shape index (κ2) is 6.45. The molecule has 8 heteroatoms. The average molecular weight is 449 g/mol. The minimum atomic E-state index is -1.74. The van der Waals surface area contributed by atoms with Crippen molar-refractivity contribution >= 4 is 71.9 Å². The number of furan rings is 2. The first-order chi connectivity index (χ1) is 13.0. The maximum atomic E-state index is 6.50. The summed E-state index contributed by atoms with van der Waals surface area (Å²) >= 11 is 13.0. The summed E-state index contributed by atoms with van der Waals surface area (Å²) in [4.78, 5) is 9.18. The van der Waals surface area contributed by atoms with E-state index in [0.29, 0.717) is 21.6 Å². The van der Waals surface area contributed by atoms with Gasteiger partial charge in [0.1, 0.15) is 11.0 Å². The van der Waals surface area contributed by atoms with Crippen LogP contribution >= 0.6 is 23.2 Å². The van der Waals surface area contributed by atoms with Gasteiger partial charge >= 0.3 is 0 Å². The third-order valence-corrected chi connectivity index (χ3v) is 9.63. The van der Waals surface area contributed by atoms with Crippen LogP contribution in [0, 0.1) is 0 Å². The smallest absolute Gasteiger partial charge is 0.195 e. The van der Waals surface area contributed by atoms with E-state index in [9.17, 15) is 0 Å². The summed E-state index contributed by atoms with van der Waals surface area (Å²) in [5, 5.41) is 2.94. The number of pyridine rings is 2. The molecule has 0 saturated heterocycles. The van der Waals surface area contributed by atoms with Crippen molar-refractivity contribution in [2.75, 3.05) is 0 Å². The Kier molecular flexibility index (Phi) is 4.54. The molecular formula is C20H22Cl2N2O2Si2. The Morgan fingerprint density at radius 2 is 1.04 bits per heavy atom. The van der Waals surface area contributed by atoms with Crippen LogP contribution in [0.2, 0.25) is 49.7 Å². The van der Waals surface area contributed by atoms with Gasteiger partial charge in [-0.05, 0) is 35.3 Å². The Bertz CT molecular complexity index is 1120. The van der Waals surface area contributed by atoms with Crippen LogP contribution in [0.5, 0.6) is 0 Å². The number of hydrogen-bond acceptors (Lipinski definition) is 4. The maximum Gasteiger partial charge on any atom is 0.195 e. The Morgan fingerprint density at radius 3 is 1.36 bits per heavy atom. The van der Waals surface area contributed by atoms with Crippen molar-refractivity contribution in [1.82, 2.24) is 9.97 Å². The molecular weight excluding hydrogens is 427 g/mol. The van der Waals surface area contributed by atoms with E-state index in [-0.39, 0.29) is 0 Å². The molecule has 28 heavy (non-hydrogen) atoms. The fraction of sp³-hybridized carbons (Fsp3) is 0.300. The molecule has 0 aromatic carbocycles. The molecule has 0 saturated carbocycles. The summed E-state index contributed by atoms with van der Waals surface area (Å²) in [7, 11) is -3.47. The first-order valence-electron chi connectivity index (χ1n) is 9.15. The highest BCUT2D eigenvalue weighted by atomic mass is 35.5. The molecule has 0 N–H and O–H groups in total. The van der Waals surface area contributed by atoms with Crippen molar-refractivity contribution in [2.24, 2.45) is 0 Å². The van der Waals surface area contributed by atoms with Crippen molar-refractivity contribution in [2.45, 2.75) is 39.3 Å². The summed E-state index contributed by atoms with van der Waals surface area (Å²) < 4.78 is 12.0. The lowest BCUT2D eigenvalue weighted by molar-refractivity contribution is 0.616. The van der Waals surface area contributed by atoms with E-state index >= 15 is 0 Å². The lowest BCUT2D eigenvalue weighted by Crippen LogP contribution is -2.38. The van der Waals surface area contributed by atoms with Crippen LogP contribution in [0.1, 0.15) is 0 Å². The number of fused-ring (bicyclic) bond motifs is 2. The summed E-state index contributed by atoms with van der Waals surface area (Å²) in [6, 6.07) is 3.85. The fourth-order valence-corrected chi connectivity index (χ4v) is 8.74. The Balaban J connectivity index is 2.06. The first kappa shape index (κ1) is 19.7. The highest BCUT2D eigenvalue weighted by molar-refractivity contribution is 6.92. The summed E-state index contributed by atoms with van der Waals surface area (Å²) in [6.45, 7) is 13.4. The highest BCUT2D eigenvalue weighted by Gasteiger charge is 2.31. The van der Waals surface area contributed by atoms with E-state index in [1.807, 2.05) is 12.1 Å². The molecule has 4 aromatic heterocycles. The topological polar surface area (TPSA) is 52.1 Å². The number of rotatable bonds is 3. The zero-order valence-electron chi connectivity index (χ0n) is 16.8. The fourth-order valence-electron chi connectivity index (χ4n) is 3.65. The van der Waals surface area contributed by atoms with E-state index in [0.717, 1.165) is 32.5 Å². The molecule has 4 rings (SSSR count). The van der Waals surface area contributed by atoms with Crippen LogP contribution < -0.4 is 10.4 Å².